The number of aromatic amines is 1. The van der Waals surface area contributed by atoms with Crippen LogP contribution in [-0.2, 0) is 25.6 Å². The Labute approximate surface area is 218 Å². The number of amides is 3. The average Bonchev–Trinajstić information content (AvgIpc) is 3.34. The number of aliphatic imine (C=N–C) groups is 1. The van der Waals surface area contributed by atoms with Crippen molar-refractivity contribution in [1.82, 2.24) is 25.9 Å². The van der Waals surface area contributed by atoms with Crippen molar-refractivity contribution < 1.29 is 29.4 Å². The minimum Gasteiger partial charge on any atom is -0.480 e. The van der Waals surface area contributed by atoms with Crippen LogP contribution in [0.4, 0.5) is 0 Å². The van der Waals surface area contributed by atoms with E-state index in [1.807, 2.05) is 6.26 Å². The van der Waals surface area contributed by atoms with Gasteiger partial charge in [0.05, 0.1) is 18.5 Å². The smallest absolute Gasteiger partial charge is 0.326 e. The number of imidazole rings is 1. The molecule has 0 saturated heterocycles. The Bertz CT molecular complexity index is 908. The minimum atomic E-state index is -1.40. The highest BCUT2D eigenvalue weighted by atomic mass is 32.2. The molecular formula is C21H37N9O6S. The van der Waals surface area contributed by atoms with Gasteiger partial charge >= 0.3 is 5.97 Å². The summed E-state index contributed by atoms with van der Waals surface area (Å²) in [4.78, 5) is 60.5. The Hall–Kier alpha value is -3.37. The van der Waals surface area contributed by atoms with Crippen molar-refractivity contribution in [3.05, 3.63) is 18.2 Å². The maximum Gasteiger partial charge on any atom is 0.326 e. The molecular weight excluding hydrogens is 506 g/mol. The highest BCUT2D eigenvalue weighted by Crippen LogP contribution is 2.06. The number of hydrogen-bond acceptors (Lipinski definition) is 9. The third-order valence-corrected chi connectivity index (χ3v) is 5.85. The second-order valence-electron chi connectivity index (χ2n) is 8.31. The fourth-order valence-corrected chi connectivity index (χ4v) is 3.65. The van der Waals surface area contributed by atoms with Crippen molar-refractivity contribution in [2.75, 3.05) is 18.6 Å². The first-order valence-corrected chi connectivity index (χ1v) is 12.9. The summed E-state index contributed by atoms with van der Waals surface area (Å²) in [5.74, 6) is -3.07. The number of H-pyrrole nitrogens is 1. The van der Waals surface area contributed by atoms with Gasteiger partial charge in [-0.15, -0.1) is 0 Å². The maximum absolute atomic E-state index is 13.0. The van der Waals surface area contributed by atoms with Gasteiger partial charge in [0.2, 0.25) is 17.7 Å². The highest BCUT2D eigenvalue weighted by molar-refractivity contribution is 7.98. The number of aromatic nitrogens is 2. The summed E-state index contributed by atoms with van der Waals surface area (Å²) in [7, 11) is 0. The van der Waals surface area contributed by atoms with Crippen LogP contribution in [0.5, 0.6) is 0 Å². The number of thioether (sulfide) groups is 1. The monoisotopic (exact) mass is 543 g/mol. The van der Waals surface area contributed by atoms with E-state index in [0.717, 1.165) is 0 Å². The van der Waals surface area contributed by atoms with Gasteiger partial charge in [0, 0.05) is 24.9 Å². The number of aliphatic carboxylic acids is 1. The Morgan fingerprint density at radius 1 is 1.11 bits per heavy atom. The molecule has 3 amide bonds. The number of nitrogens with two attached hydrogens (primary N) is 3. The van der Waals surface area contributed by atoms with Gasteiger partial charge in [0.25, 0.3) is 0 Å². The number of guanidine groups is 1. The van der Waals surface area contributed by atoms with Gasteiger partial charge in [0.1, 0.15) is 18.1 Å². The van der Waals surface area contributed by atoms with Crippen LogP contribution in [0, 0.1) is 0 Å². The zero-order chi connectivity index (χ0) is 28.0. The minimum absolute atomic E-state index is 0.0401. The molecule has 0 aromatic carbocycles. The lowest BCUT2D eigenvalue weighted by Crippen LogP contribution is -2.59. The number of hydrogen-bond donors (Lipinski definition) is 9. The lowest BCUT2D eigenvalue weighted by molar-refractivity contribution is -0.142. The van der Waals surface area contributed by atoms with Crippen molar-refractivity contribution >= 4 is 41.4 Å². The predicted molar refractivity (Wildman–Crippen MR) is 138 cm³/mol. The number of nitrogens with one attached hydrogen (secondary N) is 4. The van der Waals surface area contributed by atoms with Gasteiger partial charge in [0.15, 0.2) is 5.96 Å². The van der Waals surface area contributed by atoms with E-state index in [-0.39, 0.29) is 31.8 Å². The molecule has 0 saturated carbocycles. The van der Waals surface area contributed by atoms with E-state index in [9.17, 15) is 29.4 Å². The topological polar surface area (TPSA) is 264 Å². The molecule has 0 spiro atoms. The van der Waals surface area contributed by atoms with Gasteiger partial charge in [-0.1, -0.05) is 0 Å². The Kier molecular flexibility index (Phi) is 14.0. The van der Waals surface area contributed by atoms with Gasteiger partial charge < -0.3 is 48.3 Å². The summed E-state index contributed by atoms with van der Waals surface area (Å²) in [6.45, 7) is 1.45. The predicted octanol–water partition coefficient (Wildman–Crippen LogP) is -2.99. The van der Waals surface area contributed by atoms with E-state index in [4.69, 9.17) is 17.2 Å². The number of rotatable bonds is 17. The molecule has 0 aliphatic heterocycles. The zero-order valence-corrected chi connectivity index (χ0v) is 21.7. The molecule has 0 aliphatic rings. The molecule has 0 radical (unpaired) electrons. The maximum atomic E-state index is 13.0. The molecule has 1 aromatic rings. The van der Waals surface area contributed by atoms with Gasteiger partial charge in [-0.3, -0.25) is 19.4 Å². The largest absolute Gasteiger partial charge is 0.480 e. The standard InChI is InChI=1S/C21H37N9O6S/c1-11(31)16(30-17(32)13(22)5-7-37-2)19(34)28-14(4-3-6-26-21(23)24)18(33)29-15(20(35)36)8-12-9-25-10-27-12/h9-11,13-16,31H,3-8,22H2,1-2H3,(H,25,27)(H,28,34)(H,29,33)(H,30,32)(H,35,36)(H4,23,24,26). The molecule has 16 heteroatoms. The molecule has 0 fully saturated rings. The van der Waals surface area contributed by atoms with E-state index in [1.165, 1.54) is 31.2 Å². The van der Waals surface area contributed by atoms with Crippen LogP contribution in [0.2, 0.25) is 0 Å². The third kappa shape index (κ3) is 11.9. The van der Waals surface area contributed by atoms with E-state index < -0.39 is 54.0 Å². The number of carbonyl (C=O) groups is 4. The SMILES string of the molecule is CSCCC(N)C(=O)NC(C(=O)NC(CCCN=C(N)N)C(=O)NC(Cc1cnc[nH]1)C(=O)O)C(C)O. The lowest BCUT2D eigenvalue weighted by Gasteiger charge is -2.26. The number of carboxylic acid groups (broad SMARTS) is 1. The molecule has 37 heavy (non-hydrogen) atoms. The second-order valence-corrected chi connectivity index (χ2v) is 9.29. The van der Waals surface area contributed by atoms with Gasteiger partial charge in [-0.05, 0) is 38.2 Å². The van der Waals surface area contributed by atoms with Crippen molar-refractivity contribution in [1.29, 1.82) is 0 Å². The number of carboxylic acids is 1. The molecule has 1 aromatic heterocycles. The lowest BCUT2D eigenvalue weighted by atomic mass is 10.1. The van der Waals surface area contributed by atoms with Crippen LogP contribution in [-0.4, -0.2) is 98.7 Å². The Morgan fingerprint density at radius 2 is 1.78 bits per heavy atom. The van der Waals surface area contributed by atoms with Crippen LogP contribution in [0.1, 0.15) is 31.9 Å². The normalized spacial score (nSPS) is 14.9. The molecule has 1 heterocycles. The summed E-state index contributed by atoms with van der Waals surface area (Å²) in [6, 6.07) is -4.82. The van der Waals surface area contributed by atoms with E-state index in [1.54, 1.807) is 0 Å². The number of nitrogens with zero attached hydrogens (tertiary/aromatic N) is 2. The molecule has 208 valence electrons. The quantitative estimate of drug-likeness (QED) is 0.0543. The van der Waals surface area contributed by atoms with E-state index >= 15 is 0 Å². The van der Waals surface area contributed by atoms with Crippen molar-refractivity contribution in [2.45, 2.75) is 62.9 Å². The first kappa shape index (κ1) is 31.7. The van der Waals surface area contributed by atoms with Gasteiger partial charge in [-0.2, -0.15) is 11.8 Å². The number of aliphatic hydroxyl groups excluding tert-OH is 1. The molecule has 0 bridgehead atoms. The molecule has 0 aliphatic carbocycles. The molecule has 1 rings (SSSR count). The third-order valence-electron chi connectivity index (χ3n) is 5.20. The van der Waals surface area contributed by atoms with Crippen molar-refractivity contribution in [3.63, 3.8) is 0 Å². The first-order valence-electron chi connectivity index (χ1n) is 11.5. The number of aliphatic hydroxyl groups is 1. The Morgan fingerprint density at radius 3 is 2.32 bits per heavy atom. The van der Waals surface area contributed by atoms with Crippen molar-refractivity contribution in [3.8, 4) is 0 Å². The van der Waals surface area contributed by atoms with Crippen LogP contribution >= 0.6 is 11.8 Å². The molecule has 15 nitrogen and oxygen atoms in total. The number of carbonyl (C=O) groups excluding carboxylic acids is 3. The van der Waals surface area contributed by atoms with Crippen molar-refractivity contribution in [2.24, 2.45) is 22.2 Å². The Balaban J connectivity index is 2.99. The van der Waals surface area contributed by atoms with Crippen LogP contribution in [0.25, 0.3) is 0 Å². The summed E-state index contributed by atoms with van der Waals surface area (Å²) >= 11 is 1.50. The summed E-state index contributed by atoms with van der Waals surface area (Å²) in [5.41, 5.74) is 17.0. The first-order chi connectivity index (χ1) is 17.5. The van der Waals surface area contributed by atoms with Crippen LogP contribution < -0.4 is 33.2 Å². The summed E-state index contributed by atoms with van der Waals surface area (Å²) in [6.07, 6.45) is 3.95. The molecule has 5 unspecified atom stereocenters. The van der Waals surface area contributed by atoms with E-state index in [2.05, 4.69) is 30.9 Å². The fraction of sp³-hybridized carbons (Fsp3) is 0.619. The molecule has 12 N–H and O–H groups in total. The highest BCUT2D eigenvalue weighted by Gasteiger charge is 2.32. The molecule has 5 atom stereocenters. The summed E-state index contributed by atoms with van der Waals surface area (Å²) < 4.78 is 0. The van der Waals surface area contributed by atoms with Gasteiger partial charge in [-0.25, -0.2) is 9.78 Å². The zero-order valence-electron chi connectivity index (χ0n) is 20.8. The van der Waals surface area contributed by atoms with E-state index in [0.29, 0.717) is 17.9 Å². The van der Waals surface area contributed by atoms with Crippen LogP contribution in [0.3, 0.4) is 0 Å². The van der Waals surface area contributed by atoms with Crippen LogP contribution in [0.15, 0.2) is 17.5 Å². The second kappa shape index (κ2) is 16.4. The fourth-order valence-electron chi connectivity index (χ4n) is 3.16. The average molecular weight is 544 g/mol. The summed E-state index contributed by atoms with van der Waals surface area (Å²) in [5, 5.41) is 27.0.